The molecule has 3 rings (SSSR count). The van der Waals surface area contributed by atoms with E-state index >= 15 is 0 Å². The van der Waals surface area contributed by atoms with E-state index in [2.05, 4.69) is 0 Å². The third kappa shape index (κ3) is 1.77. The fourth-order valence-electron chi connectivity index (χ4n) is 1.88. The molecular formula is C14H4F2N2S2. The Balaban J connectivity index is 2.32. The van der Waals surface area contributed by atoms with E-state index in [0.717, 1.165) is 21.6 Å². The molecule has 1 aliphatic rings. The first kappa shape index (κ1) is 13.0. The van der Waals surface area contributed by atoms with Gasteiger partial charge >= 0.3 is 0 Å². The van der Waals surface area contributed by atoms with E-state index in [9.17, 15) is 8.78 Å². The number of hydrogen-bond donors (Lipinski definition) is 0. The molecule has 2 aromatic rings. The number of rotatable bonds is 0. The average Bonchev–Trinajstić information content (AvgIpc) is 2.49. The highest BCUT2D eigenvalue weighted by Crippen LogP contribution is 2.51. The first-order valence-corrected chi connectivity index (χ1v) is 7.10. The van der Waals surface area contributed by atoms with Crippen molar-refractivity contribution in [3.63, 3.8) is 0 Å². The van der Waals surface area contributed by atoms with Crippen molar-refractivity contribution in [1.29, 1.82) is 10.5 Å². The SMILES string of the molecule is N#Cc1c(F)c(F)c2c(c1C#N)Sc1ccccc1S2. The average molecular weight is 302 g/mol. The lowest BCUT2D eigenvalue weighted by Crippen LogP contribution is -2.03. The highest BCUT2D eigenvalue weighted by molar-refractivity contribution is 8.05. The predicted octanol–water partition coefficient (Wildman–Crippen LogP) is 4.32. The lowest BCUT2D eigenvalue weighted by Gasteiger charge is -2.20. The standard InChI is InChI=1S/C14H4F2N2S2/c15-11-7(5-17)8(6-18)13-14(12(11)16)20-10-4-2-1-3-9(10)19-13/h1-4H. The molecule has 0 atom stereocenters. The lowest BCUT2D eigenvalue weighted by molar-refractivity contribution is 0.483. The van der Waals surface area contributed by atoms with Crippen molar-refractivity contribution < 1.29 is 8.78 Å². The van der Waals surface area contributed by atoms with Gasteiger partial charge in [-0.3, -0.25) is 0 Å². The molecule has 0 bridgehead atoms. The summed E-state index contributed by atoms with van der Waals surface area (Å²) in [6.07, 6.45) is 0. The minimum atomic E-state index is -1.25. The molecule has 1 aliphatic heterocycles. The monoisotopic (exact) mass is 302 g/mol. The fraction of sp³-hybridized carbons (Fsp3) is 0. The van der Waals surface area contributed by atoms with Gasteiger partial charge in [0.25, 0.3) is 0 Å². The minimum absolute atomic E-state index is 0.0711. The molecule has 0 spiro atoms. The zero-order chi connectivity index (χ0) is 14.3. The first-order valence-electron chi connectivity index (χ1n) is 5.47. The van der Waals surface area contributed by atoms with Crippen LogP contribution >= 0.6 is 23.5 Å². The molecule has 0 fully saturated rings. The van der Waals surface area contributed by atoms with Crippen LogP contribution in [0, 0.1) is 34.3 Å². The number of fused-ring (bicyclic) bond motifs is 2. The van der Waals surface area contributed by atoms with Crippen LogP contribution in [0.3, 0.4) is 0 Å². The predicted molar refractivity (Wildman–Crippen MR) is 70.5 cm³/mol. The van der Waals surface area contributed by atoms with Crippen LogP contribution in [0.4, 0.5) is 8.78 Å². The molecule has 20 heavy (non-hydrogen) atoms. The van der Waals surface area contributed by atoms with E-state index in [1.807, 2.05) is 18.2 Å². The van der Waals surface area contributed by atoms with Gasteiger partial charge in [0.15, 0.2) is 11.6 Å². The summed E-state index contributed by atoms with van der Waals surface area (Å²) in [4.78, 5) is 2.04. The van der Waals surface area contributed by atoms with Gasteiger partial charge in [-0.2, -0.15) is 10.5 Å². The van der Waals surface area contributed by atoms with Crippen molar-refractivity contribution in [2.45, 2.75) is 19.6 Å². The van der Waals surface area contributed by atoms with Crippen LogP contribution < -0.4 is 0 Å². The second-order valence-electron chi connectivity index (χ2n) is 3.91. The summed E-state index contributed by atoms with van der Waals surface area (Å²) in [6, 6.07) is 10.7. The van der Waals surface area contributed by atoms with E-state index in [4.69, 9.17) is 10.5 Å². The fourth-order valence-corrected chi connectivity index (χ4v) is 4.26. The molecule has 0 N–H and O–H groups in total. The maximum atomic E-state index is 14.1. The third-order valence-corrected chi connectivity index (χ3v) is 5.40. The van der Waals surface area contributed by atoms with Gasteiger partial charge in [0, 0.05) is 14.7 Å². The first-order chi connectivity index (χ1) is 9.67. The molecule has 0 aromatic heterocycles. The second kappa shape index (κ2) is 4.82. The summed E-state index contributed by atoms with van der Waals surface area (Å²) in [6.45, 7) is 0. The zero-order valence-corrected chi connectivity index (χ0v) is 11.4. The van der Waals surface area contributed by atoms with Crippen molar-refractivity contribution in [3.8, 4) is 12.1 Å². The molecule has 0 unspecified atom stereocenters. The Morgan fingerprint density at radius 1 is 0.800 bits per heavy atom. The van der Waals surface area contributed by atoms with Crippen molar-refractivity contribution in [2.75, 3.05) is 0 Å². The van der Waals surface area contributed by atoms with Gasteiger partial charge in [0.05, 0.1) is 10.5 Å². The summed E-state index contributed by atoms with van der Waals surface area (Å²) < 4.78 is 27.9. The molecule has 0 amide bonds. The van der Waals surface area contributed by atoms with Crippen LogP contribution in [-0.4, -0.2) is 0 Å². The zero-order valence-electron chi connectivity index (χ0n) is 9.78. The number of hydrogen-bond acceptors (Lipinski definition) is 4. The molecular weight excluding hydrogens is 298 g/mol. The van der Waals surface area contributed by atoms with Crippen LogP contribution in [-0.2, 0) is 0 Å². The molecule has 1 heterocycles. The van der Waals surface area contributed by atoms with Crippen LogP contribution in [0.5, 0.6) is 0 Å². The highest BCUT2D eigenvalue weighted by Gasteiger charge is 2.29. The smallest absolute Gasteiger partial charge is 0.179 e. The van der Waals surface area contributed by atoms with Crippen molar-refractivity contribution in [3.05, 3.63) is 47.0 Å². The summed E-state index contributed by atoms with van der Waals surface area (Å²) in [7, 11) is 0. The van der Waals surface area contributed by atoms with Gasteiger partial charge in [-0.25, -0.2) is 8.78 Å². The van der Waals surface area contributed by atoms with Gasteiger partial charge in [-0.15, -0.1) is 0 Å². The summed E-state index contributed by atoms with van der Waals surface area (Å²) in [5, 5.41) is 18.1. The topological polar surface area (TPSA) is 47.6 Å². The largest absolute Gasteiger partial charge is 0.202 e. The Hall–Kier alpha value is -2.02. The molecule has 0 aliphatic carbocycles. The van der Waals surface area contributed by atoms with Gasteiger partial charge in [-0.05, 0) is 12.1 Å². The summed E-state index contributed by atoms with van der Waals surface area (Å²) in [5.41, 5.74) is -0.635. The van der Waals surface area contributed by atoms with Gasteiger partial charge in [-0.1, -0.05) is 35.7 Å². The maximum Gasteiger partial charge on any atom is 0.179 e. The normalized spacial score (nSPS) is 12.0. The van der Waals surface area contributed by atoms with E-state index in [1.54, 1.807) is 18.2 Å². The third-order valence-electron chi connectivity index (χ3n) is 2.79. The van der Waals surface area contributed by atoms with E-state index in [-0.39, 0.29) is 10.5 Å². The lowest BCUT2D eigenvalue weighted by atomic mass is 10.1. The van der Waals surface area contributed by atoms with Gasteiger partial charge < -0.3 is 0 Å². The van der Waals surface area contributed by atoms with Crippen LogP contribution in [0.1, 0.15) is 11.1 Å². The van der Waals surface area contributed by atoms with Crippen molar-refractivity contribution in [2.24, 2.45) is 0 Å². The Morgan fingerprint density at radius 3 is 1.90 bits per heavy atom. The Kier molecular flexibility index (Phi) is 3.13. The number of nitriles is 2. The van der Waals surface area contributed by atoms with Crippen LogP contribution in [0.2, 0.25) is 0 Å². The maximum absolute atomic E-state index is 14.1. The number of nitrogens with zero attached hydrogens (tertiary/aromatic N) is 2. The quantitative estimate of drug-likeness (QED) is 0.620. The minimum Gasteiger partial charge on any atom is -0.202 e. The molecule has 0 radical (unpaired) electrons. The highest BCUT2D eigenvalue weighted by atomic mass is 32.2. The van der Waals surface area contributed by atoms with E-state index in [1.165, 1.54) is 11.8 Å². The van der Waals surface area contributed by atoms with Crippen molar-refractivity contribution in [1.82, 2.24) is 0 Å². The molecule has 6 heteroatoms. The van der Waals surface area contributed by atoms with Crippen LogP contribution in [0.25, 0.3) is 0 Å². The van der Waals surface area contributed by atoms with Gasteiger partial charge in [0.2, 0.25) is 0 Å². The second-order valence-corrected chi connectivity index (χ2v) is 6.02. The molecule has 0 saturated carbocycles. The molecule has 0 saturated heterocycles. The van der Waals surface area contributed by atoms with E-state index < -0.39 is 17.2 Å². The van der Waals surface area contributed by atoms with E-state index in [0.29, 0.717) is 4.90 Å². The Labute approximate surface area is 122 Å². The Bertz CT molecular complexity index is 819. The molecule has 96 valence electrons. The summed E-state index contributed by atoms with van der Waals surface area (Å²) in [5.74, 6) is -2.32. The number of halogens is 2. The summed E-state index contributed by atoms with van der Waals surface area (Å²) >= 11 is 2.26. The van der Waals surface area contributed by atoms with Crippen molar-refractivity contribution >= 4 is 23.5 Å². The Morgan fingerprint density at radius 2 is 1.35 bits per heavy atom. The molecule has 2 nitrogen and oxygen atoms in total. The number of benzene rings is 2. The molecule has 2 aromatic carbocycles. The van der Waals surface area contributed by atoms with Gasteiger partial charge in [0.1, 0.15) is 17.7 Å². The van der Waals surface area contributed by atoms with Crippen LogP contribution in [0.15, 0.2) is 43.8 Å².